The minimum atomic E-state index is -4.57. The third-order valence-electron chi connectivity index (χ3n) is 11.5. The third kappa shape index (κ3) is 28.1. The Morgan fingerprint density at radius 1 is 0.566 bits per heavy atom. The van der Waals surface area contributed by atoms with Gasteiger partial charge in [-0.25, -0.2) is 14.4 Å². The van der Waals surface area contributed by atoms with Crippen LogP contribution in [0, 0.1) is 0 Å². The zero-order valence-electron chi connectivity index (χ0n) is 43.1. The molecule has 0 spiro atoms. The van der Waals surface area contributed by atoms with Crippen LogP contribution in [0.3, 0.4) is 0 Å². The number of ether oxygens (including phenoxy) is 4. The van der Waals surface area contributed by atoms with Gasteiger partial charge in [0.25, 0.3) is 0 Å². The first kappa shape index (κ1) is 64.2. The molecule has 0 radical (unpaired) electrons. The number of nitrogens with one attached hydrogen (secondary N) is 5. The fraction of sp³-hybridized carbons (Fsp3) is 0.569. The fourth-order valence-corrected chi connectivity index (χ4v) is 8.54. The van der Waals surface area contributed by atoms with Gasteiger partial charge in [-0.3, -0.25) is 38.1 Å². The van der Waals surface area contributed by atoms with Crippen molar-refractivity contribution in [3.63, 3.8) is 0 Å². The first-order valence-corrected chi connectivity index (χ1v) is 27.0. The fourth-order valence-electron chi connectivity index (χ4n) is 7.45. The van der Waals surface area contributed by atoms with Gasteiger partial charge in [-0.15, -0.1) is 0 Å². The number of carbonyl (C=O) groups excluding carboxylic acids is 5. The van der Waals surface area contributed by atoms with Crippen LogP contribution in [0.1, 0.15) is 107 Å². The number of carbonyl (C=O) groups is 8. The lowest BCUT2D eigenvalue weighted by molar-refractivity contribution is -0.142. The summed E-state index contributed by atoms with van der Waals surface area (Å²) in [5, 5.41) is 40.0. The molecule has 9 N–H and O–H groups in total. The number of unbranched alkanes of at least 4 members (excludes halogenated alkanes) is 2. The smallest absolute Gasteiger partial charge is 0.403 e. The van der Waals surface area contributed by atoms with E-state index in [0.717, 1.165) is 22.4 Å². The molecule has 5 amide bonds. The molecular formula is C51H75N6O18P. The summed E-state index contributed by atoms with van der Waals surface area (Å²) in [4.78, 5) is 108. The van der Waals surface area contributed by atoms with Gasteiger partial charge in [0.1, 0.15) is 12.1 Å². The van der Waals surface area contributed by atoms with Crippen molar-refractivity contribution in [1.82, 2.24) is 26.4 Å². The molecule has 25 heteroatoms. The lowest BCUT2D eigenvalue weighted by Gasteiger charge is -2.27. The zero-order chi connectivity index (χ0) is 55.6. The number of benzene rings is 2. The average molecular weight is 1090 g/mol. The Labute approximate surface area is 442 Å². The van der Waals surface area contributed by atoms with Crippen LogP contribution < -0.4 is 31.3 Å². The Kier molecular flexibility index (Phi) is 31.1. The molecule has 0 saturated heterocycles. The molecule has 1 aliphatic heterocycles. The number of amides is 5. The summed E-state index contributed by atoms with van der Waals surface area (Å²) < 4.78 is 39.0. The van der Waals surface area contributed by atoms with Gasteiger partial charge in [0.2, 0.25) is 29.5 Å². The number of carboxylic acid groups (broad SMARTS) is 3. The number of carboxylic acids is 3. The third-order valence-corrected chi connectivity index (χ3v) is 12.7. The summed E-state index contributed by atoms with van der Waals surface area (Å²) in [7, 11) is -4.57. The highest BCUT2D eigenvalue weighted by molar-refractivity contribution is 7.50. The lowest BCUT2D eigenvalue weighted by Crippen LogP contribution is -2.42. The number of hydrogen-bond acceptors (Lipinski definition) is 14. The van der Waals surface area contributed by atoms with Crippen molar-refractivity contribution in [3.05, 3.63) is 65.2 Å². The quantitative estimate of drug-likeness (QED) is 0.0340. The molecule has 1 aliphatic rings. The predicted octanol–water partition coefficient (Wildman–Crippen LogP) is 3.39. The maximum Gasteiger partial charge on any atom is 0.403 e. The molecule has 0 aliphatic carbocycles. The van der Waals surface area contributed by atoms with Gasteiger partial charge in [0, 0.05) is 57.7 Å². The van der Waals surface area contributed by atoms with Crippen LogP contribution in [0.5, 0.6) is 0 Å². The molecule has 1 unspecified atom stereocenters. The maximum absolute atomic E-state index is 13.4. The van der Waals surface area contributed by atoms with E-state index in [0.29, 0.717) is 85.1 Å². The van der Waals surface area contributed by atoms with E-state index in [1.807, 2.05) is 59.7 Å². The van der Waals surface area contributed by atoms with Crippen molar-refractivity contribution in [1.29, 1.82) is 0 Å². The van der Waals surface area contributed by atoms with Crippen molar-refractivity contribution >= 4 is 73.0 Å². The Bertz CT molecular complexity index is 2250. The Morgan fingerprint density at radius 2 is 1.14 bits per heavy atom. The minimum Gasteiger partial charge on any atom is -0.481 e. The van der Waals surface area contributed by atoms with Crippen LogP contribution in [0.4, 0.5) is 5.69 Å². The van der Waals surface area contributed by atoms with E-state index in [-0.39, 0.29) is 82.3 Å². The molecule has 76 heavy (non-hydrogen) atoms. The monoisotopic (exact) mass is 1090 g/mol. The van der Waals surface area contributed by atoms with Crippen molar-refractivity contribution < 1.29 is 86.6 Å². The number of para-hydroxylation sites is 1. The number of hydrogen-bond donors (Lipinski definition) is 9. The zero-order valence-corrected chi connectivity index (χ0v) is 44.0. The molecule has 1 heterocycles. The SMILES string of the molecule is C[C@H](CCCOP(=O)(O)N[C@@H](CCC(=O)O)C(=O)O)NC(=O)CC[C@H](NC(=O)CCCCCNC(=O)CCOCCOCCOCCOCCNC(=O)CCC(=O)N1Cc2ccccc2/C=C\c2ccccc21)C(=O)O. The van der Waals surface area contributed by atoms with Crippen molar-refractivity contribution in [2.75, 3.05) is 77.5 Å². The van der Waals surface area contributed by atoms with E-state index < -0.39 is 68.4 Å². The van der Waals surface area contributed by atoms with E-state index in [2.05, 4.69) is 27.3 Å². The second kappa shape index (κ2) is 36.8. The Hall–Kier alpha value is -6.11. The first-order valence-electron chi connectivity index (χ1n) is 25.4. The van der Waals surface area contributed by atoms with E-state index >= 15 is 0 Å². The van der Waals surface area contributed by atoms with Crippen LogP contribution in [0.25, 0.3) is 12.2 Å². The largest absolute Gasteiger partial charge is 0.481 e. The van der Waals surface area contributed by atoms with Crippen molar-refractivity contribution in [2.45, 2.75) is 115 Å². The van der Waals surface area contributed by atoms with E-state index in [9.17, 15) is 52.9 Å². The standard InChI is InChI=1S/C51H75N6O18P/c1-37(10-9-27-75-76(69,70)56-42(51(67)68)19-23-49(63)64)54-47(61)20-18-41(50(65)66)55-46(60)15-3-2-8-25-52-45(59)24-28-71-30-32-73-34-35-74-33-31-72-29-26-53-44(58)21-22-48(62)57-36-40-13-5-4-11-38(40)16-17-39-12-6-7-14-43(39)57/h4-7,11-14,16-17,37,41-42H,2-3,8-10,15,18-36H2,1H3,(H,52,59)(H,53,58)(H,54,61)(H,55,60)(H,63,64)(H,65,66)(H,67,68)(H2,56,69,70)/b17-16-/t37-,41+,42+/m1/s1. The topological polar surface area (TPSA) is 344 Å². The van der Waals surface area contributed by atoms with E-state index in [4.69, 9.17) is 33.7 Å². The molecular weight excluding hydrogens is 1020 g/mol. The molecule has 2 aromatic carbocycles. The summed E-state index contributed by atoms with van der Waals surface area (Å²) >= 11 is 0. The molecule has 24 nitrogen and oxygen atoms in total. The maximum atomic E-state index is 13.4. The molecule has 0 aromatic heterocycles. The van der Waals surface area contributed by atoms with Gasteiger partial charge in [0.05, 0.1) is 71.7 Å². The summed E-state index contributed by atoms with van der Waals surface area (Å²) in [5.74, 6) is -5.62. The van der Waals surface area contributed by atoms with Gasteiger partial charge in [0.15, 0.2) is 0 Å². The number of fused-ring (bicyclic) bond motifs is 2. The summed E-state index contributed by atoms with van der Waals surface area (Å²) in [5.41, 5.74) is 3.82. The molecule has 2 aromatic rings. The molecule has 422 valence electrons. The second-order valence-corrected chi connectivity index (χ2v) is 19.3. The summed E-state index contributed by atoms with van der Waals surface area (Å²) in [6.45, 7) is 4.96. The van der Waals surface area contributed by atoms with Crippen LogP contribution in [-0.2, 0) is 72.9 Å². The van der Waals surface area contributed by atoms with Crippen LogP contribution >= 0.6 is 7.75 Å². The highest BCUT2D eigenvalue weighted by atomic mass is 31.2. The van der Waals surface area contributed by atoms with E-state index in [1.54, 1.807) is 11.8 Å². The van der Waals surface area contributed by atoms with Crippen molar-refractivity contribution in [3.8, 4) is 0 Å². The minimum absolute atomic E-state index is 0.0519. The highest BCUT2D eigenvalue weighted by Crippen LogP contribution is 2.38. The Balaban J connectivity index is 1.09. The van der Waals surface area contributed by atoms with Gasteiger partial charge in [-0.05, 0) is 68.2 Å². The number of aliphatic carboxylic acids is 3. The second-order valence-electron chi connectivity index (χ2n) is 17.7. The molecule has 0 fully saturated rings. The molecule has 3 rings (SSSR count). The van der Waals surface area contributed by atoms with Gasteiger partial charge in [-0.2, -0.15) is 0 Å². The predicted molar refractivity (Wildman–Crippen MR) is 277 cm³/mol. The molecule has 0 saturated carbocycles. The van der Waals surface area contributed by atoms with Gasteiger partial charge >= 0.3 is 25.7 Å². The first-order chi connectivity index (χ1) is 36.4. The highest BCUT2D eigenvalue weighted by Gasteiger charge is 2.29. The lowest BCUT2D eigenvalue weighted by atomic mass is 10.0. The normalized spacial score (nSPS) is 14.3. The molecule has 0 bridgehead atoms. The van der Waals surface area contributed by atoms with Crippen LogP contribution in [-0.4, -0.2) is 158 Å². The Morgan fingerprint density at radius 3 is 1.83 bits per heavy atom. The summed E-state index contributed by atoms with van der Waals surface area (Å²) in [6.07, 6.45) is 5.14. The molecule has 4 atom stereocenters. The van der Waals surface area contributed by atoms with Gasteiger partial charge in [-0.1, -0.05) is 61.0 Å². The van der Waals surface area contributed by atoms with Gasteiger partial charge < -0.3 is 65.3 Å². The van der Waals surface area contributed by atoms with Crippen LogP contribution in [0.15, 0.2) is 48.5 Å². The van der Waals surface area contributed by atoms with Crippen LogP contribution in [0.2, 0.25) is 0 Å². The number of rotatable bonds is 41. The number of anilines is 1. The number of nitrogens with zero attached hydrogens (tertiary/aromatic N) is 1. The van der Waals surface area contributed by atoms with Crippen molar-refractivity contribution in [2.24, 2.45) is 0 Å². The summed E-state index contributed by atoms with van der Waals surface area (Å²) in [6, 6.07) is 12.3. The van der Waals surface area contributed by atoms with E-state index in [1.165, 1.54) is 0 Å². The average Bonchev–Trinajstić information content (AvgIpc) is 3.37.